The molecule has 2 nitrogen and oxygen atoms in total. The predicted molar refractivity (Wildman–Crippen MR) is 50.4 cm³/mol. The summed E-state index contributed by atoms with van der Waals surface area (Å²) in [6.07, 6.45) is 5.16. The average molecular weight is 150 g/mol. The Hall–Kier alpha value is -1.31. The molecule has 0 amide bonds. The van der Waals surface area contributed by atoms with Crippen LogP contribution >= 0.6 is 0 Å². The number of hydrogen-bond donors (Lipinski definition) is 1. The Morgan fingerprint density at radius 3 is 2.55 bits per heavy atom. The first-order valence-corrected chi connectivity index (χ1v) is 3.41. The number of nitrogens with one attached hydrogen (secondary N) is 1. The second-order valence-corrected chi connectivity index (χ2v) is 2.20. The molecule has 0 aliphatic carbocycles. The van der Waals surface area contributed by atoms with Gasteiger partial charge in [-0.05, 0) is 25.5 Å². The lowest BCUT2D eigenvalue weighted by molar-refractivity contribution is 0.964. The molecule has 0 saturated carbocycles. The highest BCUT2D eigenvalue weighted by molar-refractivity contribution is 5.96. The maximum absolute atomic E-state index is 3.99. The van der Waals surface area contributed by atoms with E-state index in [1.54, 1.807) is 18.4 Å². The molecule has 0 aliphatic heterocycles. The SMILES string of the molecule is C=C/C=C/N/N=C(/C)C(=C)C. The van der Waals surface area contributed by atoms with E-state index in [4.69, 9.17) is 0 Å². The summed E-state index contributed by atoms with van der Waals surface area (Å²) in [6, 6.07) is 0. The van der Waals surface area contributed by atoms with Crippen LogP contribution in [0.4, 0.5) is 0 Å². The number of hydrazone groups is 1. The molecule has 0 aromatic carbocycles. The molecular formula is C9H14N2. The number of rotatable bonds is 4. The van der Waals surface area contributed by atoms with Gasteiger partial charge >= 0.3 is 0 Å². The van der Waals surface area contributed by atoms with E-state index in [9.17, 15) is 0 Å². The first-order chi connectivity index (χ1) is 5.18. The molecule has 2 heteroatoms. The van der Waals surface area contributed by atoms with Crippen LogP contribution in [0.5, 0.6) is 0 Å². The molecule has 0 heterocycles. The highest BCUT2D eigenvalue weighted by Crippen LogP contribution is 1.89. The molecule has 0 spiro atoms. The number of hydrogen-bond acceptors (Lipinski definition) is 2. The van der Waals surface area contributed by atoms with Gasteiger partial charge in [-0.2, -0.15) is 5.10 Å². The normalized spacial score (nSPS) is 11.6. The summed E-state index contributed by atoms with van der Waals surface area (Å²) in [5.74, 6) is 0. The first kappa shape index (κ1) is 9.69. The highest BCUT2D eigenvalue weighted by atomic mass is 15.3. The van der Waals surface area contributed by atoms with Crippen LogP contribution in [0.15, 0.2) is 42.2 Å². The van der Waals surface area contributed by atoms with Crippen LogP contribution in [0, 0.1) is 0 Å². The second-order valence-electron chi connectivity index (χ2n) is 2.20. The zero-order valence-corrected chi connectivity index (χ0v) is 7.09. The minimum atomic E-state index is 0.902. The van der Waals surface area contributed by atoms with Crippen molar-refractivity contribution in [1.29, 1.82) is 0 Å². The lowest BCUT2D eigenvalue weighted by Crippen LogP contribution is -2.00. The maximum atomic E-state index is 3.99. The maximum Gasteiger partial charge on any atom is 0.0599 e. The number of nitrogens with zero attached hydrogens (tertiary/aromatic N) is 1. The van der Waals surface area contributed by atoms with Gasteiger partial charge in [-0.15, -0.1) is 0 Å². The van der Waals surface area contributed by atoms with Crippen LogP contribution in [-0.4, -0.2) is 5.71 Å². The van der Waals surface area contributed by atoms with Gasteiger partial charge in [-0.25, -0.2) is 0 Å². The molecule has 0 fully saturated rings. The van der Waals surface area contributed by atoms with Gasteiger partial charge in [0.05, 0.1) is 5.71 Å². The van der Waals surface area contributed by atoms with E-state index < -0.39 is 0 Å². The third kappa shape index (κ3) is 5.15. The summed E-state index contributed by atoms with van der Waals surface area (Å²) in [6.45, 7) is 11.1. The van der Waals surface area contributed by atoms with Crippen LogP contribution < -0.4 is 5.43 Å². The van der Waals surface area contributed by atoms with Gasteiger partial charge in [-0.1, -0.05) is 19.2 Å². The molecule has 0 bridgehead atoms. The fourth-order valence-electron chi connectivity index (χ4n) is 0.341. The molecule has 11 heavy (non-hydrogen) atoms. The minimum Gasteiger partial charge on any atom is -0.286 e. The smallest absolute Gasteiger partial charge is 0.0599 e. The van der Waals surface area contributed by atoms with Gasteiger partial charge in [0.25, 0.3) is 0 Å². The molecule has 0 aromatic heterocycles. The Kier molecular flexibility index (Phi) is 4.82. The van der Waals surface area contributed by atoms with Crippen molar-refractivity contribution in [2.45, 2.75) is 13.8 Å². The first-order valence-electron chi connectivity index (χ1n) is 3.41. The van der Waals surface area contributed by atoms with E-state index in [2.05, 4.69) is 23.7 Å². The third-order valence-corrected chi connectivity index (χ3v) is 1.16. The average Bonchev–Trinajstić information content (AvgIpc) is 1.97. The van der Waals surface area contributed by atoms with Gasteiger partial charge in [0.15, 0.2) is 0 Å². The van der Waals surface area contributed by atoms with Gasteiger partial charge in [-0.3, -0.25) is 5.43 Å². The topological polar surface area (TPSA) is 24.4 Å². The van der Waals surface area contributed by atoms with Crippen molar-refractivity contribution in [2.24, 2.45) is 5.10 Å². The van der Waals surface area contributed by atoms with Gasteiger partial charge in [0.1, 0.15) is 0 Å². The summed E-state index contributed by atoms with van der Waals surface area (Å²) in [5.41, 5.74) is 4.61. The van der Waals surface area contributed by atoms with E-state index >= 15 is 0 Å². The molecule has 0 radical (unpaired) electrons. The van der Waals surface area contributed by atoms with E-state index in [0.717, 1.165) is 11.3 Å². The molecule has 60 valence electrons. The van der Waals surface area contributed by atoms with Gasteiger partial charge < -0.3 is 0 Å². The molecule has 0 saturated heterocycles. The fourth-order valence-corrected chi connectivity index (χ4v) is 0.341. The van der Waals surface area contributed by atoms with Crippen molar-refractivity contribution < 1.29 is 0 Å². The Labute approximate surface area is 68.0 Å². The van der Waals surface area contributed by atoms with Crippen LogP contribution in [0.2, 0.25) is 0 Å². The number of allylic oxidation sites excluding steroid dienone is 3. The zero-order chi connectivity index (χ0) is 8.69. The van der Waals surface area contributed by atoms with Crippen LogP contribution in [0.1, 0.15) is 13.8 Å². The molecular weight excluding hydrogens is 136 g/mol. The van der Waals surface area contributed by atoms with E-state index in [0.29, 0.717) is 0 Å². The summed E-state index contributed by atoms with van der Waals surface area (Å²) < 4.78 is 0. The van der Waals surface area contributed by atoms with E-state index in [1.807, 2.05) is 13.8 Å². The van der Waals surface area contributed by atoms with Crippen molar-refractivity contribution in [3.05, 3.63) is 37.1 Å². The van der Waals surface area contributed by atoms with Crippen molar-refractivity contribution in [1.82, 2.24) is 5.43 Å². The molecule has 0 aromatic rings. The van der Waals surface area contributed by atoms with Gasteiger partial charge in [0.2, 0.25) is 0 Å². The molecule has 0 aliphatic rings. The van der Waals surface area contributed by atoms with E-state index in [1.165, 1.54) is 0 Å². The van der Waals surface area contributed by atoms with Crippen molar-refractivity contribution in [3.63, 3.8) is 0 Å². The third-order valence-electron chi connectivity index (χ3n) is 1.16. The van der Waals surface area contributed by atoms with Crippen LogP contribution in [0.3, 0.4) is 0 Å². The summed E-state index contributed by atoms with van der Waals surface area (Å²) in [7, 11) is 0. The Morgan fingerprint density at radius 2 is 2.09 bits per heavy atom. The lowest BCUT2D eigenvalue weighted by atomic mass is 10.2. The predicted octanol–water partition coefficient (Wildman–Crippen LogP) is 2.23. The van der Waals surface area contributed by atoms with Crippen LogP contribution in [0.25, 0.3) is 0 Å². The Morgan fingerprint density at radius 1 is 1.45 bits per heavy atom. The minimum absolute atomic E-state index is 0.902. The largest absolute Gasteiger partial charge is 0.286 e. The summed E-state index contributed by atoms with van der Waals surface area (Å²) in [5, 5.41) is 3.99. The molecule has 0 unspecified atom stereocenters. The lowest BCUT2D eigenvalue weighted by Gasteiger charge is -1.95. The Balaban J connectivity index is 3.83. The summed E-state index contributed by atoms with van der Waals surface area (Å²) in [4.78, 5) is 0. The van der Waals surface area contributed by atoms with Crippen molar-refractivity contribution in [3.8, 4) is 0 Å². The van der Waals surface area contributed by atoms with Crippen LogP contribution in [-0.2, 0) is 0 Å². The monoisotopic (exact) mass is 150 g/mol. The quantitative estimate of drug-likeness (QED) is 0.371. The standard InChI is InChI=1S/C9H14N2/c1-5-6-7-10-11-9(4)8(2)3/h5-7,10H,1-2H2,3-4H3/b7-6+,11-9-. The molecule has 0 rings (SSSR count). The zero-order valence-electron chi connectivity index (χ0n) is 7.09. The fraction of sp³-hybridized carbons (Fsp3) is 0.222. The van der Waals surface area contributed by atoms with Crippen molar-refractivity contribution >= 4 is 5.71 Å². The van der Waals surface area contributed by atoms with Gasteiger partial charge in [0, 0.05) is 6.20 Å². The van der Waals surface area contributed by atoms with E-state index in [-0.39, 0.29) is 0 Å². The second kappa shape index (κ2) is 5.47. The Bertz CT molecular complexity index is 200. The van der Waals surface area contributed by atoms with Crippen molar-refractivity contribution in [2.75, 3.05) is 0 Å². The highest BCUT2D eigenvalue weighted by Gasteiger charge is 1.86. The summed E-state index contributed by atoms with van der Waals surface area (Å²) >= 11 is 0. The molecule has 0 atom stereocenters. The molecule has 1 N–H and O–H groups in total.